The molecule has 1 aliphatic heterocycles. The van der Waals surface area contributed by atoms with Gasteiger partial charge in [-0.3, -0.25) is 5.32 Å². The topological polar surface area (TPSA) is 21.3 Å². The van der Waals surface area contributed by atoms with Gasteiger partial charge in [0, 0.05) is 17.2 Å². The highest BCUT2D eigenvalue weighted by atomic mass is 16.5. The molecule has 1 saturated heterocycles. The molecule has 3 rings (SSSR count). The third kappa shape index (κ3) is 2.53. The number of hydrogen-bond acceptors (Lipinski definition) is 2. The first-order chi connectivity index (χ1) is 10.3. The Morgan fingerprint density at radius 1 is 1.05 bits per heavy atom. The summed E-state index contributed by atoms with van der Waals surface area (Å²) in [5.74, 6) is 0. The lowest BCUT2D eigenvalue weighted by atomic mass is 9.94. The number of benzene rings is 2. The fourth-order valence-corrected chi connectivity index (χ4v) is 3.01. The van der Waals surface area contributed by atoms with Gasteiger partial charge in [-0.1, -0.05) is 66.7 Å². The average Bonchev–Trinajstić information content (AvgIpc) is 2.88. The highest BCUT2D eigenvalue weighted by Gasteiger charge is 2.46. The zero-order valence-corrected chi connectivity index (χ0v) is 12.3. The second-order valence-electron chi connectivity index (χ2n) is 5.53. The maximum absolute atomic E-state index is 6.49. The summed E-state index contributed by atoms with van der Waals surface area (Å²) in [5.41, 5.74) is 1.69. The Morgan fingerprint density at radius 2 is 1.57 bits per heavy atom. The van der Waals surface area contributed by atoms with E-state index in [1.807, 2.05) is 18.2 Å². The second-order valence-corrected chi connectivity index (χ2v) is 5.53. The van der Waals surface area contributed by atoms with Crippen molar-refractivity contribution in [1.29, 1.82) is 0 Å². The fraction of sp³-hybridized carbons (Fsp3) is 0.263. The highest BCUT2D eigenvalue weighted by molar-refractivity contribution is 5.37. The van der Waals surface area contributed by atoms with Crippen LogP contribution in [0.5, 0.6) is 0 Å². The summed E-state index contributed by atoms with van der Waals surface area (Å²) >= 11 is 0. The minimum Gasteiger partial charge on any atom is -0.347 e. The Kier molecular flexibility index (Phi) is 3.91. The van der Waals surface area contributed by atoms with Crippen molar-refractivity contribution in [3.8, 4) is 0 Å². The summed E-state index contributed by atoms with van der Waals surface area (Å²) in [6.07, 6.45) is 2.90. The summed E-state index contributed by atoms with van der Waals surface area (Å²) in [4.78, 5) is 0. The van der Waals surface area contributed by atoms with E-state index < -0.39 is 5.72 Å². The Bertz CT molecular complexity index is 554. The molecule has 2 atom stereocenters. The van der Waals surface area contributed by atoms with Crippen molar-refractivity contribution in [2.75, 3.05) is 0 Å². The molecular formula is C19H21NO. The Balaban J connectivity index is 2.07. The highest BCUT2D eigenvalue weighted by Crippen LogP contribution is 2.38. The van der Waals surface area contributed by atoms with Gasteiger partial charge in [0.1, 0.15) is 0 Å². The van der Waals surface area contributed by atoms with Gasteiger partial charge in [0.2, 0.25) is 0 Å². The van der Waals surface area contributed by atoms with Crippen LogP contribution in [0.1, 0.15) is 24.5 Å². The van der Waals surface area contributed by atoms with Gasteiger partial charge in [0.25, 0.3) is 0 Å². The summed E-state index contributed by atoms with van der Waals surface area (Å²) < 4.78 is 6.49. The second kappa shape index (κ2) is 5.84. The van der Waals surface area contributed by atoms with E-state index in [4.69, 9.17) is 4.74 Å². The van der Waals surface area contributed by atoms with Crippen LogP contribution in [0.3, 0.4) is 0 Å². The van der Waals surface area contributed by atoms with Crippen molar-refractivity contribution in [3.05, 3.63) is 84.4 Å². The third-order valence-electron chi connectivity index (χ3n) is 4.08. The van der Waals surface area contributed by atoms with Gasteiger partial charge in [-0.25, -0.2) is 0 Å². The van der Waals surface area contributed by atoms with Crippen molar-refractivity contribution >= 4 is 0 Å². The van der Waals surface area contributed by atoms with Crippen LogP contribution in [0.15, 0.2) is 73.3 Å². The van der Waals surface area contributed by atoms with Crippen LogP contribution in [0.4, 0.5) is 0 Å². The van der Waals surface area contributed by atoms with Crippen LogP contribution in [-0.2, 0) is 10.5 Å². The number of nitrogens with one attached hydrogen (secondary N) is 1. The molecule has 1 heterocycles. The van der Waals surface area contributed by atoms with Gasteiger partial charge >= 0.3 is 0 Å². The van der Waals surface area contributed by atoms with Crippen LogP contribution in [0.2, 0.25) is 0 Å². The number of rotatable bonds is 4. The van der Waals surface area contributed by atoms with Crippen molar-refractivity contribution < 1.29 is 4.74 Å². The quantitative estimate of drug-likeness (QED) is 0.859. The summed E-state index contributed by atoms with van der Waals surface area (Å²) in [7, 11) is 0. The van der Waals surface area contributed by atoms with E-state index in [9.17, 15) is 0 Å². The van der Waals surface area contributed by atoms with Gasteiger partial charge in [0.15, 0.2) is 5.72 Å². The van der Waals surface area contributed by atoms with E-state index in [-0.39, 0.29) is 12.1 Å². The van der Waals surface area contributed by atoms with E-state index in [0.29, 0.717) is 0 Å². The van der Waals surface area contributed by atoms with E-state index in [2.05, 4.69) is 67.4 Å². The van der Waals surface area contributed by atoms with Gasteiger partial charge in [-0.2, -0.15) is 0 Å². The van der Waals surface area contributed by atoms with Crippen molar-refractivity contribution in [3.63, 3.8) is 0 Å². The molecule has 1 N–H and O–H groups in total. The predicted molar refractivity (Wildman–Crippen MR) is 85.9 cm³/mol. The standard InChI is InChI=1S/C19H21NO/c1-3-10-18-15(2)20-19(21-18,16-11-6-4-7-12-16)17-13-8-5-9-14-17/h3-9,11-15,18,20H,1,10H2,2H3/t15-,18-/m0/s1. The van der Waals surface area contributed by atoms with Crippen LogP contribution in [0, 0.1) is 0 Å². The molecule has 1 aliphatic rings. The number of ether oxygens (including phenoxy) is 1. The monoisotopic (exact) mass is 279 g/mol. The summed E-state index contributed by atoms with van der Waals surface area (Å²) in [6, 6.07) is 21.0. The Labute approximate surface area is 126 Å². The minimum atomic E-state index is -0.574. The van der Waals surface area contributed by atoms with E-state index in [1.54, 1.807) is 0 Å². The first kappa shape index (κ1) is 14.1. The van der Waals surface area contributed by atoms with Crippen LogP contribution < -0.4 is 5.32 Å². The van der Waals surface area contributed by atoms with Crippen LogP contribution in [-0.4, -0.2) is 12.1 Å². The lowest BCUT2D eigenvalue weighted by molar-refractivity contribution is -0.0246. The summed E-state index contributed by atoms with van der Waals surface area (Å²) in [5, 5.41) is 3.66. The van der Waals surface area contributed by atoms with Crippen LogP contribution >= 0.6 is 0 Å². The minimum absolute atomic E-state index is 0.128. The molecule has 0 radical (unpaired) electrons. The normalized spacial score (nSPS) is 23.9. The molecule has 0 spiro atoms. The average molecular weight is 279 g/mol. The zero-order chi connectivity index (χ0) is 14.7. The molecule has 2 heteroatoms. The molecule has 0 amide bonds. The van der Waals surface area contributed by atoms with E-state index >= 15 is 0 Å². The molecule has 0 unspecified atom stereocenters. The molecule has 2 aromatic rings. The fourth-order valence-electron chi connectivity index (χ4n) is 3.01. The van der Waals surface area contributed by atoms with Gasteiger partial charge in [0.05, 0.1) is 6.10 Å². The Morgan fingerprint density at radius 3 is 2.05 bits per heavy atom. The van der Waals surface area contributed by atoms with Gasteiger partial charge in [-0.05, 0) is 13.3 Å². The molecular weight excluding hydrogens is 258 g/mol. The zero-order valence-electron chi connectivity index (χ0n) is 12.3. The van der Waals surface area contributed by atoms with Crippen LogP contribution in [0.25, 0.3) is 0 Å². The molecule has 2 aromatic carbocycles. The first-order valence-corrected chi connectivity index (χ1v) is 7.44. The molecule has 0 saturated carbocycles. The smallest absolute Gasteiger partial charge is 0.172 e. The van der Waals surface area contributed by atoms with Gasteiger partial charge in [-0.15, -0.1) is 6.58 Å². The maximum atomic E-state index is 6.49. The molecule has 1 fully saturated rings. The summed E-state index contributed by atoms with van der Waals surface area (Å²) in [6.45, 7) is 6.01. The molecule has 0 aromatic heterocycles. The van der Waals surface area contributed by atoms with E-state index in [1.165, 1.54) is 0 Å². The van der Waals surface area contributed by atoms with Crippen molar-refractivity contribution in [2.45, 2.75) is 31.2 Å². The molecule has 108 valence electrons. The van der Waals surface area contributed by atoms with Gasteiger partial charge < -0.3 is 4.74 Å². The SMILES string of the molecule is C=CC[C@@H]1OC(c2ccccc2)(c2ccccc2)N[C@H]1C. The molecule has 0 aliphatic carbocycles. The largest absolute Gasteiger partial charge is 0.347 e. The predicted octanol–water partition coefficient (Wildman–Crippen LogP) is 3.84. The molecule has 21 heavy (non-hydrogen) atoms. The van der Waals surface area contributed by atoms with Crippen molar-refractivity contribution in [1.82, 2.24) is 5.32 Å². The van der Waals surface area contributed by atoms with Crippen molar-refractivity contribution in [2.24, 2.45) is 0 Å². The number of hydrogen-bond donors (Lipinski definition) is 1. The first-order valence-electron chi connectivity index (χ1n) is 7.44. The van der Waals surface area contributed by atoms with E-state index in [0.717, 1.165) is 17.5 Å². The molecule has 2 nitrogen and oxygen atoms in total. The third-order valence-corrected chi connectivity index (χ3v) is 4.08. The maximum Gasteiger partial charge on any atom is 0.172 e. The lowest BCUT2D eigenvalue weighted by Gasteiger charge is -2.30. The molecule has 0 bridgehead atoms. The lowest BCUT2D eigenvalue weighted by Crippen LogP contribution is -2.41. The Hall–Kier alpha value is -1.90.